The molecule has 1 saturated carbocycles. The maximum Gasteiger partial charge on any atom is 0.257 e. The van der Waals surface area contributed by atoms with Crippen molar-refractivity contribution in [1.82, 2.24) is 20.2 Å². The second-order valence-corrected chi connectivity index (χ2v) is 8.09. The zero-order valence-electron chi connectivity index (χ0n) is 11.9. The third-order valence-corrected chi connectivity index (χ3v) is 6.35. The van der Waals surface area contributed by atoms with Crippen LogP contribution in [0.1, 0.15) is 31.7 Å². The Kier molecular flexibility index (Phi) is 5.11. The Hall–Kier alpha value is -0.570. The van der Waals surface area contributed by atoms with Crippen molar-refractivity contribution >= 4 is 21.8 Å². The lowest BCUT2D eigenvalue weighted by atomic mass is 10.3. The highest BCUT2D eigenvalue weighted by Crippen LogP contribution is 2.46. The lowest BCUT2D eigenvalue weighted by molar-refractivity contribution is 0.572. The fraction of sp³-hybridized carbons (Fsp3) is 0.750. The summed E-state index contributed by atoms with van der Waals surface area (Å²) >= 11 is 1.73. The summed E-state index contributed by atoms with van der Waals surface area (Å²) in [6.45, 7) is 3.92. The Morgan fingerprint density at radius 1 is 1.50 bits per heavy atom. The number of sulfonamides is 1. The van der Waals surface area contributed by atoms with Gasteiger partial charge in [0.1, 0.15) is 0 Å². The SMILES string of the molecule is CCCNCc1cn[nH]c1S(=O)(=O)NCC1(SC)CC1. The van der Waals surface area contributed by atoms with Crippen molar-refractivity contribution in [3.8, 4) is 0 Å². The van der Waals surface area contributed by atoms with Gasteiger partial charge in [0.2, 0.25) is 0 Å². The van der Waals surface area contributed by atoms with Crippen molar-refractivity contribution in [2.24, 2.45) is 0 Å². The Labute approximate surface area is 124 Å². The first-order chi connectivity index (χ1) is 9.53. The van der Waals surface area contributed by atoms with E-state index in [0.29, 0.717) is 18.7 Å². The highest BCUT2D eigenvalue weighted by Gasteiger charge is 2.42. The standard InChI is InChI=1S/C12H22N4O2S2/c1-3-6-13-7-10-8-14-16-11(10)20(17,18)15-9-12(19-2)4-5-12/h8,13,15H,3-7,9H2,1-2H3,(H,14,16). The van der Waals surface area contributed by atoms with Gasteiger partial charge >= 0.3 is 0 Å². The van der Waals surface area contributed by atoms with Crippen LogP contribution in [0.3, 0.4) is 0 Å². The summed E-state index contributed by atoms with van der Waals surface area (Å²) in [6.07, 6.45) is 6.75. The van der Waals surface area contributed by atoms with Crippen LogP contribution in [0.25, 0.3) is 0 Å². The fourth-order valence-electron chi connectivity index (χ4n) is 1.95. The minimum atomic E-state index is -3.51. The van der Waals surface area contributed by atoms with Crippen LogP contribution < -0.4 is 10.0 Å². The van der Waals surface area contributed by atoms with Crippen LogP contribution in [-0.4, -0.2) is 42.7 Å². The predicted molar refractivity (Wildman–Crippen MR) is 81.3 cm³/mol. The molecule has 114 valence electrons. The number of hydrogen-bond acceptors (Lipinski definition) is 5. The molecule has 6 nitrogen and oxygen atoms in total. The van der Waals surface area contributed by atoms with Crippen molar-refractivity contribution in [2.75, 3.05) is 19.3 Å². The molecule has 1 aromatic heterocycles. The third kappa shape index (κ3) is 3.75. The van der Waals surface area contributed by atoms with Crippen LogP contribution in [0.5, 0.6) is 0 Å². The molecule has 1 aliphatic carbocycles. The average molecular weight is 318 g/mol. The lowest BCUT2D eigenvalue weighted by Crippen LogP contribution is -2.32. The van der Waals surface area contributed by atoms with E-state index in [1.807, 2.05) is 6.26 Å². The quantitative estimate of drug-likeness (QED) is 0.593. The molecule has 3 N–H and O–H groups in total. The molecule has 1 heterocycles. The number of hydrogen-bond donors (Lipinski definition) is 3. The molecule has 0 unspecified atom stereocenters. The molecule has 0 aliphatic heterocycles. The van der Waals surface area contributed by atoms with Gasteiger partial charge in [-0.2, -0.15) is 16.9 Å². The summed E-state index contributed by atoms with van der Waals surface area (Å²) in [5.74, 6) is 0. The molecule has 0 radical (unpaired) electrons. The van der Waals surface area contributed by atoms with Crippen LogP contribution in [0, 0.1) is 0 Å². The number of rotatable bonds is 9. The van der Waals surface area contributed by atoms with Gasteiger partial charge in [-0.25, -0.2) is 13.1 Å². The Bertz CT molecular complexity index is 537. The summed E-state index contributed by atoms with van der Waals surface area (Å²) in [7, 11) is -3.51. The topological polar surface area (TPSA) is 86.9 Å². The van der Waals surface area contributed by atoms with Crippen LogP contribution in [0.4, 0.5) is 0 Å². The Balaban J connectivity index is 2.00. The number of nitrogens with zero attached hydrogens (tertiary/aromatic N) is 1. The monoisotopic (exact) mass is 318 g/mol. The molecule has 20 heavy (non-hydrogen) atoms. The van der Waals surface area contributed by atoms with Crippen molar-refractivity contribution in [3.05, 3.63) is 11.8 Å². The molecule has 0 amide bonds. The number of aromatic amines is 1. The zero-order chi connectivity index (χ0) is 14.6. The first kappa shape index (κ1) is 15.8. The zero-order valence-corrected chi connectivity index (χ0v) is 13.5. The van der Waals surface area contributed by atoms with E-state index in [2.05, 4.69) is 27.2 Å². The predicted octanol–water partition coefficient (Wildman–Crippen LogP) is 1.08. The van der Waals surface area contributed by atoms with Gasteiger partial charge in [-0.15, -0.1) is 0 Å². The highest BCUT2D eigenvalue weighted by molar-refractivity contribution is 8.00. The molecule has 0 spiro atoms. The fourth-order valence-corrected chi connectivity index (χ4v) is 4.02. The summed E-state index contributed by atoms with van der Waals surface area (Å²) in [6, 6.07) is 0. The summed E-state index contributed by atoms with van der Waals surface area (Å²) in [5.41, 5.74) is 0.681. The number of thioether (sulfide) groups is 1. The maximum atomic E-state index is 12.3. The minimum absolute atomic E-state index is 0.105. The first-order valence-electron chi connectivity index (χ1n) is 6.81. The molecule has 1 fully saturated rings. The summed E-state index contributed by atoms with van der Waals surface area (Å²) < 4.78 is 27.4. The molecule has 0 aromatic carbocycles. The van der Waals surface area contributed by atoms with E-state index in [1.54, 1.807) is 18.0 Å². The van der Waals surface area contributed by atoms with Crippen LogP contribution in [0.2, 0.25) is 0 Å². The van der Waals surface area contributed by atoms with E-state index in [-0.39, 0.29) is 9.77 Å². The van der Waals surface area contributed by atoms with Crippen molar-refractivity contribution in [2.45, 2.75) is 42.5 Å². The Morgan fingerprint density at radius 2 is 2.25 bits per heavy atom. The van der Waals surface area contributed by atoms with E-state index in [1.165, 1.54) is 0 Å². The molecule has 0 saturated heterocycles. The molecule has 0 bridgehead atoms. The summed E-state index contributed by atoms with van der Waals surface area (Å²) in [5, 5.41) is 9.83. The first-order valence-corrected chi connectivity index (χ1v) is 9.51. The van der Waals surface area contributed by atoms with Crippen molar-refractivity contribution in [1.29, 1.82) is 0 Å². The minimum Gasteiger partial charge on any atom is -0.313 e. The largest absolute Gasteiger partial charge is 0.313 e. The normalized spacial score (nSPS) is 17.3. The molecule has 2 rings (SSSR count). The highest BCUT2D eigenvalue weighted by atomic mass is 32.2. The average Bonchev–Trinajstić information content (AvgIpc) is 3.06. The number of H-pyrrole nitrogens is 1. The second-order valence-electron chi connectivity index (χ2n) is 5.11. The molecular formula is C12H22N4O2S2. The Morgan fingerprint density at radius 3 is 2.85 bits per heavy atom. The van der Waals surface area contributed by atoms with Crippen LogP contribution in [-0.2, 0) is 16.6 Å². The van der Waals surface area contributed by atoms with Gasteiger partial charge in [-0.1, -0.05) is 6.92 Å². The van der Waals surface area contributed by atoms with Gasteiger partial charge in [0, 0.05) is 23.4 Å². The van der Waals surface area contributed by atoms with E-state index in [9.17, 15) is 8.42 Å². The van der Waals surface area contributed by atoms with Gasteiger partial charge < -0.3 is 5.32 Å². The van der Waals surface area contributed by atoms with Gasteiger partial charge in [0.15, 0.2) is 5.03 Å². The molecule has 1 aliphatic rings. The number of nitrogens with one attached hydrogen (secondary N) is 3. The third-order valence-electron chi connectivity index (χ3n) is 3.51. The lowest BCUT2D eigenvalue weighted by Gasteiger charge is -2.13. The molecule has 0 atom stereocenters. The van der Waals surface area contributed by atoms with Gasteiger partial charge in [-0.3, -0.25) is 5.10 Å². The van der Waals surface area contributed by atoms with E-state index in [4.69, 9.17) is 0 Å². The van der Waals surface area contributed by atoms with Gasteiger partial charge in [0.05, 0.1) is 6.20 Å². The van der Waals surface area contributed by atoms with Crippen LogP contribution >= 0.6 is 11.8 Å². The van der Waals surface area contributed by atoms with Crippen LogP contribution in [0.15, 0.2) is 11.2 Å². The number of aromatic nitrogens is 2. The second kappa shape index (κ2) is 6.46. The maximum absolute atomic E-state index is 12.3. The van der Waals surface area contributed by atoms with Crippen molar-refractivity contribution in [3.63, 3.8) is 0 Å². The molecule has 1 aromatic rings. The van der Waals surface area contributed by atoms with Crippen molar-refractivity contribution < 1.29 is 8.42 Å². The molecular weight excluding hydrogens is 296 g/mol. The van der Waals surface area contributed by atoms with E-state index >= 15 is 0 Å². The summed E-state index contributed by atoms with van der Waals surface area (Å²) in [4.78, 5) is 0. The van der Waals surface area contributed by atoms with E-state index in [0.717, 1.165) is 25.8 Å². The molecule has 8 heteroatoms. The van der Waals surface area contributed by atoms with E-state index < -0.39 is 10.0 Å². The smallest absolute Gasteiger partial charge is 0.257 e. The van der Waals surface area contributed by atoms with Gasteiger partial charge in [-0.05, 0) is 32.1 Å². The van der Waals surface area contributed by atoms with Gasteiger partial charge in [0.25, 0.3) is 10.0 Å².